The molecular weight excluding hydrogens is 272 g/mol. The Bertz CT molecular complexity index is 440. The maximum Gasteiger partial charge on any atom is 0.306 e. The van der Waals surface area contributed by atoms with Crippen LogP contribution in [0.3, 0.4) is 0 Å². The minimum Gasteiger partial charge on any atom is -0.461 e. The Morgan fingerprint density at radius 1 is 1.25 bits per heavy atom. The van der Waals surface area contributed by atoms with Gasteiger partial charge in [-0.2, -0.15) is 0 Å². The molecule has 3 nitrogen and oxygen atoms in total. The lowest BCUT2D eigenvalue weighted by Crippen LogP contribution is -2.21. The maximum absolute atomic E-state index is 11.8. The van der Waals surface area contributed by atoms with E-state index in [1.165, 1.54) is 0 Å². The predicted molar refractivity (Wildman–Crippen MR) is 82.8 cm³/mol. The summed E-state index contributed by atoms with van der Waals surface area (Å²) in [6.07, 6.45) is 1.13. The number of hydrogen-bond donors (Lipinski definition) is 0. The summed E-state index contributed by atoms with van der Waals surface area (Å²) in [5.41, 5.74) is 0.823. The summed E-state index contributed by atoms with van der Waals surface area (Å²) in [6.45, 7) is 6.27. The summed E-state index contributed by atoms with van der Waals surface area (Å²) in [7, 11) is -0.774. The Morgan fingerprint density at radius 3 is 2.50 bits per heavy atom. The van der Waals surface area contributed by atoms with Crippen molar-refractivity contribution in [1.82, 2.24) is 0 Å². The molecule has 0 amide bonds. The lowest BCUT2D eigenvalue weighted by molar-refractivity contribution is -0.147. The monoisotopic (exact) mass is 296 g/mol. The number of rotatable bonds is 8. The number of esters is 1. The molecule has 112 valence electrons. The number of carbonyl (C=O) groups excluding carboxylic acids is 1. The van der Waals surface area contributed by atoms with E-state index in [0.29, 0.717) is 24.5 Å². The Kier molecular flexibility index (Phi) is 6.93. The van der Waals surface area contributed by atoms with Gasteiger partial charge in [0.2, 0.25) is 0 Å². The third-order valence-corrected chi connectivity index (χ3v) is 4.50. The van der Waals surface area contributed by atoms with Crippen LogP contribution in [0.1, 0.15) is 39.2 Å². The van der Waals surface area contributed by atoms with Gasteiger partial charge in [0.1, 0.15) is 6.61 Å². The van der Waals surface area contributed by atoms with E-state index in [2.05, 4.69) is 0 Å². The van der Waals surface area contributed by atoms with Gasteiger partial charge in [0, 0.05) is 22.3 Å². The second kappa shape index (κ2) is 8.20. The lowest BCUT2D eigenvalue weighted by Gasteiger charge is -2.23. The molecule has 1 aromatic carbocycles. The van der Waals surface area contributed by atoms with Crippen molar-refractivity contribution in [1.29, 1.82) is 0 Å². The molecule has 1 unspecified atom stereocenters. The fourth-order valence-corrected chi connectivity index (χ4v) is 2.87. The van der Waals surface area contributed by atoms with Crippen LogP contribution in [0.15, 0.2) is 30.3 Å². The van der Waals surface area contributed by atoms with Crippen molar-refractivity contribution < 1.29 is 13.7 Å². The molecule has 0 N–H and O–H groups in total. The molecule has 0 spiro atoms. The quantitative estimate of drug-likeness (QED) is 0.691. The van der Waals surface area contributed by atoms with E-state index >= 15 is 0 Å². The van der Waals surface area contributed by atoms with E-state index in [9.17, 15) is 9.00 Å². The van der Waals surface area contributed by atoms with Crippen LogP contribution in [0.5, 0.6) is 0 Å². The van der Waals surface area contributed by atoms with Gasteiger partial charge in [0.15, 0.2) is 0 Å². The van der Waals surface area contributed by atoms with Gasteiger partial charge >= 0.3 is 5.97 Å². The Labute approximate surface area is 124 Å². The molecule has 4 heteroatoms. The number of benzene rings is 1. The third-order valence-electron chi connectivity index (χ3n) is 3.19. The minimum absolute atomic E-state index is 0.168. The molecule has 0 saturated carbocycles. The highest BCUT2D eigenvalue weighted by molar-refractivity contribution is 7.84. The second-order valence-electron chi connectivity index (χ2n) is 5.67. The van der Waals surface area contributed by atoms with E-state index in [1.807, 2.05) is 51.1 Å². The van der Waals surface area contributed by atoms with Crippen molar-refractivity contribution >= 4 is 16.8 Å². The van der Waals surface area contributed by atoms with Crippen LogP contribution in [-0.2, 0) is 26.9 Å². The molecule has 1 aromatic rings. The van der Waals surface area contributed by atoms with Gasteiger partial charge in [-0.1, -0.05) is 51.1 Å². The molecule has 0 heterocycles. The zero-order valence-electron chi connectivity index (χ0n) is 12.6. The van der Waals surface area contributed by atoms with Crippen molar-refractivity contribution in [3.63, 3.8) is 0 Å². The zero-order valence-corrected chi connectivity index (χ0v) is 13.4. The Balaban J connectivity index is 2.35. The molecule has 0 radical (unpaired) electrons. The molecule has 1 atom stereocenters. The van der Waals surface area contributed by atoms with Gasteiger partial charge in [-0.15, -0.1) is 0 Å². The zero-order chi connectivity index (χ0) is 15.0. The van der Waals surface area contributed by atoms with Crippen molar-refractivity contribution in [3.8, 4) is 0 Å². The number of ether oxygens (including phenoxy) is 1. The van der Waals surface area contributed by atoms with E-state index in [4.69, 9.17) is 4.74 Å². The van der Waals surface area contributed by atoms with Crippen LogP contribution >= 0.6 is 0 Å². The van der Waals surface area contributed by atoms with Crippen molar-refractivity contribution in [2.75, 3.05) is 11.5 Å². The summed E-state index contributed by atoms with van der Waals surface area (Å²) in [5.74, 6) is 1.13. The van der Waals surface area contributed by atoms with Gasteiger partial charge in [-0.05, 0) is 17.4 Å². The van der Waals surface area contributed by atoms with E-state index in [0.717, 1.165) is 12.0 Å². The van der Waals surface area contributed by atoms with Gasteiger partial charge < -0.3 is 4.74 Å². The predicted octanol–water partition coefficient (Wildman–Crippen LogP) is 3.30. The third kappa shape index (κ3) is 6.85. The first-order valence-electron chi connectivity index (χ1n) is 6.97. The average Bonchev–Trinajstić information content (AvgIpc) is 2.43. The van der Waals surface area contributed by atoms with Crippen molar-refractivity contribution in [2.24, 2.45) is 5.41 Å². The molecule has 20 heavy (non-hydrogen) atoms. The first-order valence-corrected chi connectivity index (χ1v) is 8.46. The van der Waals surface area contributed by atoms with Crippen molar-refractivity contribution in [2.45, 2.75) is 40.2 Å². The molecule has 0 bridgehead atoms. The summed E-state index contributed by atoms with van der Waals surface area (Å²) >= 11 is 0. The summed E-state index contributed by atoms with van der Waals surface area (Å²) < 4.78 is 16.7. The molecule has 0 saturated heterocycles. The van der Waals surface area contributed by atoms with Crippen LogP contribution < -0.4 is 0 Å². The molecule has 0 aromatic heterocycles. The Morgan fingerprint density at radius 2 is 1.90 bits per heavy atom. The van der Waals surface area contributed by atoms with E-state index in [1.54, 1.807) is 0 Å². The summed E-state index contributed by atoms with van der Waals surface area (Å²) in [6, 6.07) is 9.65. The van der Waals surface area contributed by atoms with Gasteiger partial charge in [-0.3, -0.25) is 9.00 Å². The number of hydrogen-bond acceptors (Lipinski definition) is 3. The first kappa shape index (κ1) is 16.9. The number of carbonyl (C=O) groups is 1. The standard InChI is InChI=1S/C16H24O3S/c1-4-20(18)11-10-16(2,3)12-15(17)19-13-14-8-6-5-7-9-14/h5-9H,4,10-13H2,1-3H3. The average molecular weight is 296 g/mol. The minimum atomic E-state index is -0.774. The van der Waals surface area contributed by atoms with Crippen LogP contribution in [-0.4, -0.2) is 21.7 Å². The second-order valence-corrected chi connectivity index (χ2v) is 7.54. The van der Waals surface area contributed by atoms with Crippen LogP contribution in [0.4, 0.5) is 0 Å². The fraction of sp³-hybridized carbons (Fsp3) is 0.562. The molecule has 0 fully saturated rings. The van der Waals surface area contributed by atoms with Crippen LogP contribution in [0, 0.1) is 5.41 Å². The smallest absolute Gasteiger partial charge is 0.306 e. The van der Waals surface area contributed by atoms with Crippen molar-refractivity contribution in [3.05, 3.63) is 35.9 Å². The molecule has 0 aliphatic heterocycles. The highest BCUT2D eigenvalue weighted by atomic mass is 32.2. The molecule has 1 rings (SSSR count). The van der Waals surface area contributed by atoms with Gasteiger partial charge in [-0.25, -0.2) is 0 Å². The fourth-order valence-electron chi connectivity index (χ4n) is 1.80. The lowest BCUT2D eigenvalue weighted by atomic mass is 9.86. The highest BCUT2D eigenvalue weighted by Gasteiger charge is 2.23. The molecule has 0 aliphatic rings. The molecule has 0 aliphatic carbocycles. The Hall–Kier alpha value is -1.16. The largest absolute Gasteiger partial charge is 0.461 e. The first-order chi connectivity index (χ1) is 9.43. The normalized spacial score (nSPS) is 12.9. The maximum atomic E-state index is 11.8. The van der Waals surface area contributed by atoms with E-state index in [-0.39, 0.29) is 11.4 Å². The SMILES string of the molecule is CCS(=O)CCC(C)(C)CC(=O)OCc1ccccc1. The van der Waals surface area contributed by atoms with Gasteiger partial charge in [0.05, 0.1) is 6.42 Å². The summed E-state index contributed by atoms with van der Waals surface area (Å²) in [5, 5.41) is 0. The van der Waals surface area contributed by atoms with E-state index < -0.39 is 10.8 Å². The summed E-state index contributed by atoms with van der Waals surface area (Å²) in [4.78, 5) is 11.8. The topological polar surface area (TPSA) is 43.4 Å². The van der Waals surface area contributed by atoms with Crippen LogP contribution in [0.25, 0.3) is 0 Å². The molecular formula is C16H24O3S. The highest BCUT2D eigenvalue weighted by Crippen LogP contribution is 2.26. The van der Waals surface area contributed by atoms with Crippen LogP contribution in [0.2, 0.25) is 0 Å². The van der Waals surface area contributed by atoms with Gasteiger partial charge in [0.25, 0.3) is 0 Å².